The lowest BCUT2D eigenvalue weighted by molar-refractivity contribution is -0.123. The molecule has 0 spiro atoms. The number of hydrogen-bond acceptors (Lipinski definition) is 6. The van der Waals surface area contributed by atoms with E-state index in [1.54, 1.807) is 25.2 Å². The summed E-state index contributed by atoms with van der Waals surface area (Å²) in [6, 6.07) is 17.1. The Kier molecular flexibility index (Phi) is 9.39. The van der Waals surface area contributed by atoms with Crippen LogP contribution in [0.3, 0.4) is 0 Å². The molecular weight excluding hydrogens is 537 g/mol. The first-order valence-electron chi connectivity index (χ1n) is 14.5. The van der Waals surface area contributed by atoms with Gasteiger partial charge in [-0.25, -0.2) is 4.39 Å². The summed E-state index contributed by atoms with van der Waals surface area (Å²) in [6.07, 6.45) is 0.194. The fourth-order valence-electron chi connectivity index (χ4n) is 5.31. The van der Waals surface area contributed by atoms with Crippen LogP contribution in [0.1, 0.15) is 53.8 Å². The zero-order valence-electron chi connectivity index (χ0n) is 24.2. The maximum Gasteiger partial charge on any atom is 0.251 e. The number of ether oxygens (including phenoxy) is 3. The van der Waals surface area contributed by atoms with Gasteiger partial charge in [-0.05, 0) is 59.5 Å². The molecule has 3 atom stereocenters. The van der Waals surface area contributed by atoms with E-state index in [0.717, 1.165) is 30.6 Å². The first kappa shape index (κ1) is 29.5. The van der Waals surface area contributed by atoms with E-state index in [4.69, 9.17) is 14.2 Å². The van der Waals surface area contributed by atoms with Gasteiger partial charge in [0.15, 0.2) is 0 Å². The van der Waals surface area contributed by atoms with E-state index >= 15 is 0 Å². The van der Waals surface area contributed by atoms with Crippen molar-refractivity contribution in [2.75, 3.05) is 39.9 Å². The lowest BCUT2D eigenvalue weighted by Gasteiger charge is -2.24. The fraction of sp³-hybridized carbons (Fsp3) is 0.394. The first-order valence-corrected chi connectivity index (χ1v) is 14.5. The van der Waals surface area contributed by atoms with Gasteiger partial charge in [0.1, 0.15) is 29.3 Å². The molecule has 0 aliphatic carbocycles. The minimum atomic E-state index is -0.645. The van der Waals surface area contributed by atoms with Gasteiger partial charge in [0.25, 0.3) is 5.91 Å². The molecule has 2 aliphatic heterocycles. The average molecular weight is 576 g/mol. The molecule has 1 saturated heterocycles. The van der Waals surface area contributed by atoms with Crippen molar-refractivity contribution in [2.24, 2.45) is 5.92 Å². The largest absolute Gasteiger partial charge is 0.493 e. The second kappa shape index (κ2) is 13.4. The number of morpholine rings is 1. The van der Waals surface area contributed by atoms with E-state index < -0.39 is 12.0 Å². The van der Waals surface area contributed by atoms with Crippen molar-refractivity contribution in [2.45, 2.75) is 38.4 Å². The predicted molar refractivity (Wildman–Crippen MR) is 158 cm³/mol. The molecule has 42 heavy (non-hydrogen) atoms. The molecule has 3 unspecified atom stereocenters. The van der Waals surface area contributed by atoms with Crippen LogP contribution in [0, 0.1) is 11.7 Å². The third-order valence-corrected chi connectivity index (χ3v) is 7.55. The summed E-state index contributed by atoms with van der Waals surface area (Å²) < 4.78 is 31.9. The molecule has 3 aromatic rings. The Bertz CT molecular complexity index is 1410. The normalized spacial score (nSPS) is 19.6. The molecule has 0 bridgehead atoms. The zero-order valence-corrected chi connectivity index (χ0v) is 24.2. The van der Waals surface area contributed by atoms with E-state index in [1.807, 2.05) is 44.2 Å². The van der Waals surface area contributed by atoms with Crippen LogP contribution in [0.5, 0.6) is 11.5 Å². The van der Waals surface area contributed by atoms with Crippen LogP contribution in [0.15, 0.2) is 60.7 Å². The van der Waals surface area contributed by atoms with Gasteiger partial charge in [-0.2, -0.15) is 0 Å². The third-order valence-electron chi connectivity index (χ3n) is 7.55. The molecule has 0 aromatic heterocycles. The second-order valence-electron chi connectivity index (χ2n) is 11.1. The smallest absolute Gasteiger partial charge is 0.251 e. The van der Waals surface area contributed by atoms with Crippen LogP contribution in [-0.4, -0.2) is 57.8 Å². The number of carbonyl (C=O) groups is 2. The molecule has 9 heteroatoms. The Labute approximate surface area is 245 Å². The summed E-state index contributed by atoms with van der Waals surface area (Å²) in [5, 5.41) is 9.06. The molecule has 0 radical (unpaired) electrons. The van der Waals surface area contributed by atoms with Gasteiger partial charge < -0.3 is 30.2 Å². The SMILES string of the molecule is CNC(=O)C1c2cc(-c3cc(C(=O)NCC(C)C)ccc3OCCC3CNCCO3)ccc2OC1c1ccc(F)cc1. The van der Waals surface area contributed by atoms with E-state index in [9.17, 15) is 14.0 Å². The van der Waals surface area contributed by atoms with Gasteiger partial charge in [0.05, 0.1) is 19.3 Å². The molecular formula is C33H38FN3O5. The number of halogens is 1. The Morgan fingerprint density at radius 2 is 1.90 bits per heavy atom. The van der Waals surface area contributed by atoms with Crippen molar-refractivity contribution in [1.82, 2.24) is 16.0 Å². The van der Waals surface area contributed by atoms with Crippen LogP contribution < -0.4 is 25.4 Å². The lowest BCUT2D eigenvalue weighted by Crippen LogP contribution is -2.39. The Morgan fingerprint density at radius 1 is 1.10 bits per heavy atom. The standard InChI is InChI=1S/C33H38FN3O5/c1-20(2)18-37-32(38)23-7-10-28(41-14-12-25-19-36-13-15-40-25)26(17-23)22-6-11-29-27(16-22)30(33(39)35-3)31(42-29)21-4-8-24(34)9-5-21/h4-11,16-17,20,25,30-31,36H,12-15,18-19H2,1-3H3,(H,35,39)(H,37,38). The molecule has 5 rings (SSSR count). The van der Waals surface area contributed by atoms with Gasteiger partial charge in [-0.1, -0.05) is 32.0 Å². The van der Waals surface area contributed by atoms with Crippen molar-refractivity contribution < 1.29 is 28.2 Å². The predicted octanol–water partition coefficient (Wildman–Crippen LogP) is 4.60. The minimum Gasteiger partial charge on any atom is -0.493 e. The number of likely N-dealkylation sites (N-methyl/N-ethyl adjacent to an activating group) is 1. The molecule has 8 nitrogen and oxygen atoms in total. The second-order valence-corrected chi connectivity index (χ2v) is 11.1. The average Bonchev–Trinajstić information content (AvgIpc) is 3.39. The van der Waals surface area contributed by atoms with Crippen molar-refractivity contribution in [1.29, 1.82) is 0 Å². The number of hydrogen-bond donors (Lipinski definition) is 3. The van der Waals surface area contributed by atoms with E-state index in [0.29, 0.717) is 53.9 Å². The van der Waals surface area contributed by atoms with Crippen LogP contribution in [0.4, 0.5) is 4.39 Å². The van der Waals surface area contributed by atoms with Crippen LogP contribution >= 0.6 is 0 Å². The Hall–Kier alpha value is -3.95. The summed E-state index contributed by atoms with van der Waals surface area (Å²) in [7, 11) is 1.59. The molecule has 222 valence electrons. The third kappa shape index (κ3) is 6.74. The summed E-state index contributed by atoms with van der Waals surface area (Å²) >= 11 is 0. The summed E-state index contributed by atoms with van der Waals surface area (Å²) in [5.74, 6) is 0.154. The fourth-order valence-corrected chi connectivity index (χ4v) is 5.31. The highest BCUT2D eigenvalue weighted by molar-refractivity contribution is 5.96. The van der Waals surface area contributed by atoms with Gasteiger partial charge in [-0.3, -0.25) is 9.59 Å². The number of amides is 2. The highest BCUT2D eigenvalue weighted by Gasteiger charge is 2.40. The van der Waals surface area contributed by atoms with Crippen molar-refractivity contribution in [3.63, 3.8) is 0 Å². The van der Waals surface area contributed by atoms with Gasteiger partial charge in [-0.15, -0.1) is 0 Å². The van der Waals surface area contributed by atoms with Crippen molar-refractivity contribution in [3.8, 4) is 22.6 Å². The molecule has 2 aliphatic rings. The summed E-state index contributed by atoms with van der Waals surface area (Å²) in [6.45, 7) is 7.41. The topological polar surface area (TPSA) is 97.9 Å². The van der Waals surface area contributed by atoms with Crippen LogP contribution in [0.25, 0.3) is 11.1 Å². The minimum absolute atomic E-state index is 0.0807. The number of benzene rings is 3. The number of nitrogens with one attached hydrogen (secondary N) is 3. The molecule has 1 fully saturated rings. The van der Waals surface area contributed by atoms with Crippen LogP contribution in [-0.2, 0) is 9.53 Å². The van der Waals surface area contributed by atoms with Crippen LogP contribution in [0.2, 0.25) is 0 Å². The molecule has 2 heterocycles. The molecule has 0 saturated carbocycles. The highest BCUT2D eigenvalue weighted by atomic mass is 19.1. The van der Waals surface area contributed by atoms with E-state index in [-0.39, 0.29) is 23.7 Å². The summed E-state index contributed by atoms with van der Waals surface area (Å²) in [4.78, 5) is 26.1. The quantitative estimate of drug-likeness (QED) is 0.327. The summed E-state index contributed by atoms with van der Waals surface area (Å²) in [5.41, 5.74) is 3.45. The van der Waals surface area contributed by atoms with Gasteiger partial charge in [0.2, 0.25) is 5.91 Å². The molecule has 3 N–H and O–H groups in total. The maximum atomic E-state index is 13.6. The number of carbonyl (C=O) groups excluding carboxylic acids is 2. The Balaban J connectivity index is 1.48. The van der Waals surface area contributed by atoms with E-state index in [2.05, 4.69) is 16.0 Å². The number of fused-ring (bicyclic) bond motifs is 1. The molecule has 3 aromatic carbocycles. The first-order chi connectivity index (χ1) is 20.3. The monoisotopic (exact) mass is 575 g/mol. The maximum absolute atomic E-state index is 13.6. The van der Waals surface area contributed by atoms with Gasteiger partial charge >= 0.3 is 0 Å². The van der Waals surface area contributed by atoms with E-state index in [1.165, 1.54) is 12.1 Å². The lowest BCUT2D eigenvalue weighted by atomic mass is 9.88. The number of rotatable bonds is 10. The molecule has 2 amide bonds. The zero-order chi connectivity index (χ0) is 29.6. The highest BCUT2D eigenvalue weighted by Crippen LogP contribution is 2.48. The van der Waals surface area contributed by atoms with Crippen molar-refractivity contribution in [3.05, 3.63) is 83.2 Å². The van der Waals surface area contributed by atoms with Crippen molar-refractivity contribution >= 4 is 11.8 Å². The van der Waals surface area contributed by atoms with Gasteiger partial charge in [0, 0.05) is 49.8 Å². The Morgan fingerprint density at radius 3 is 2.62 bits per heavy atom.